The Morgan fingerprint density at radius 3 is 1.38 bits per heavy atom. The minimum absolute atomic E-state index is 0.385. The molecule has 3 rings (SSSR count). The van der Waals surface area contributed by atoms with Gasteiger partial charge in [-0.05, 0) is 118 Å². The fourth-order valence-electron chi connectivity index (χ4n) is 3.51. The maximum Gasteiger partial charge on any atom is 0.343 e. The van der Waals surface area contributed by atoms with Gasteiger partial charge in [-0.3, -0.25) is 0 Å². The number of para-hydroxylation sites is 2. The lowest BCUT2D eigenvalue weighted by Crippen LogP contribution is -2.13. The van der Waals surface area contributed by atoms with Crippen LogP contribution in [0.4, 0.5) is 0 Å². The van der Waals surface area contributed by atoms with Gasteiger partial charge in [-0.1, -0.05) is 51.0 Å². The summed E-state index contributed by atoms with van der Waals surface area (Å²) in [7, 11) is 0. The maximum absolute atomic E-state index is 12.8. The van der Waals surface area contributed by atoms with Crippen LogP contribution >= 0.6 is 45.2 Å². The number of carbonyl (C=O) groups excluding carboxylic acids is 2. The Balaban J connectivity index is 1.73. The van der Waals surface area contributed by atoms with Gasteiger partial charge in [-0.2, -0.15) is 0 Å². The van der Waals surface area contributed by atoms with Gasteiger partial charge in [0, 0.05) is 0 Å². The van der Waals surface area contributed by atoms with Crippen molar-refractivity contribution in [3.63, 3.8) is 0 Å². The summed E-state index contributed by atoms with van der Waals surface area (Å²) in [6.45, 7) is 4.27. The van der Waals surface area contributed by atoms with Gasteiger partial charge in [0.1, 0.15) is 11.5 Å². The highest BCUT2D eigenvalue weighted by molar-refractivity contribution is 14.1. The molecule has 34 heavy (non-hydrogen) atoms. The third kappa shape index (κ3) is 7.04. The first-order chi connectivity index (χ1) is 16.4. The van der Waals surface area contributed by atoms with Crippen LogP contribution in [0.3, 0.4) is 0 Å². The predicted octanol–water partition coefficient (Wildman–Crippen LogP) is 8.02. The number of benzene rings is 3. The highest BCUT2D eigenvalue weighted by atomic mass is 127. The molecule has 178 valence electrons. The van der Waals surface area contributed by atoms with Crippen molar-refractivity contribution in [2.24, 2.45) is 0 Å². The molecule has 0 bridgehead atoms. The van der Waals surface area contributed by atoms with Crippen LogP contribution in [0.2, 0.25) is 0 Å². The van der Waals surface area contributed by atoms with Gasteiger partial charge in [-0.15, -0.1) is 0 Å². The average Bonchev–Trinajstić information content (AvgIpc) is 2.84. The van der Waals surface area contributed by atoms with Gasteiger partial charge in [-0.25, -0.2) is 9.59 Å². The average molecular weight is 682 g/mol. The van der Waals surface area contributed by atoms with E-state index in [1.54, 1.807) is 24.3 Å². The number of hydrogen-bond acceptors (Lipinski definition) is 4. The van der Waals surface area contributed by atoms with Crippen LogP contribution in [0.1, 0.15) is 71.4 Å². The number of aryl methyl sites for hydroxylation is 2. The minimum atomic E-state index is -0.443. The zero-order chi connectivity index (χ0) is 24.5. The molecule has 0 aliphatic heterocycles. The summed E-state index contributed by atoms with van der Waals surface area (Å²) in [5.41, 5.74) is 2.82. The molecule has 0 amide bonds. The van der Waals surface area contributed by atoms with Crippen molar-refractivity contribution < 1.29 is 19.1 Å². The van der Waals surface area contributed by atoms with E-state index >= 15 is 0 Å². The summed E-state index contributed by atoms with van der Waals surface area (Å²) < 4.78 is 13.3. The molecule has 0 radical (unpaired) electrons. The van der Waals surface area contributed by atoms with Gasteiger partial charge in [0.15, 0.2) is 0 Å². The molecule has 0 aliphatic rings. The van der Waals surface area contributed by atoms with Crippen LogP contribution in [0.15, 0.2) is 60.7 Å². The molecular formula is C28H28I2O4. The first kappa shape index (κ1) is 26.7. The lowest BCUT2D eigenvalue weighted by molar-refractivity contribution is 0.0717. The summed E-state index contributed by atoms with van der Waals surface area (Å²) in [5.74, 6) is 0.342. The van der Waals surface area contributed by atoms with Crippen molar-refractivity contribution in [1.29, 1.82) is 0 Å². The van der Waals surface area contributed by atoms with Gasteiger partial charge < -0.3 is 9.47 Å². The number of hydrogen-bond donors (Lipinski definition) is 0. The molecule has 4 nitrogen and oxygen atoms in total. The van der Waals surface area contributed by atoms with E-state index in [9.17, 15) is 9.59 Å². The number of carbonyl (C=O) groups is 2. The van der Waals surface area contributed by atoms with Crippen molar-refractivity contribution in [2.75, 3.05) is 0 Å². The van der Waals surface area contributed by atoms with Crippen molar-refractivity contribution in [1.82, 2.24) is 0 Å². The highest BCUT2D eigenvalue weighted by Gasteiger charge is 2.17. The largest absolute Gasteiger partial charge is 0.422 e. The van der Waals surface area contributed by atoms with Crippen molar-refractivity contribution in [3.05, 3.63) is 90.1 Å². The van der Waals surface area contributed by atoms with E-state index in [1.165, 1.54) is 0 Å². The molecule has 0 spiro atoms. The van der Waals surface area contributed by atoms with E-state index in [0.717, 1.165) is 56.8 Å². The van der Waals surface area contributed by atoms with Crippen LogP contribution in [0.25, 0.3) is 0 Å². The smallest absolute Gasteiger partial charge is 0.343 e. The van der Waals surface area contributed by atoms with Gasteiger partial charge >= 0.3 is 11.9 Å². The Hall–Kier alpha value is -1.94. The summed E-state index contributed by atoms with van der Waals surface area (Å²) in [4.78, 5) is 25.6. The van der Waals surface area contributed by atoms with E-state index in [4.69, 9.17) is 9.47 Å². The maximum atomic E-state index is 12.8. The van der Waals surface area contributed by atoms with Gasteiger partial charge in [0.2, 0.25) is 0 Å². The second-order valence-corrected chi connectivity index (χ2v) is 10.3. The number of halogens is 2. The molecule has 0 fully saturated rings. The number of ether oxygens (including phenoxy) is 2. The lowest BCUT2D eigenvalue weighted by Gasteiger charge is -2.13. The van der Waals surface area contributed by atoms with Crippen LogP contribution in [0, 0.1) is 7.14 Å². The lowest BCUT2D eigenvalue weighted by atomic mass is 10.1. The topological polar surface area (TPSA) is 52.6 Å². The Morgan fingerprint density at radius 1 is 0.647 bits per heavy atom. The first-order valence-electron chi connectivity index (χ1n) is 11.5. The molecule has 0 heterocycles. The predicted molar refractivity (Wildman–Crippen MR) is 152 cm³/mol. The Kier molecular flexibility index (Phi) is 10.4. The summed E-state index contributed by atoms with van der Waals surface area (Å²) in [6, 6.07) is 18.2. The van der Waals surface area contributed by atoms with Crippen molar-refractivity contribution >= 4 is 57.1 Å². The van der Waals surface area contributed by atoms with E-state index in [0.29, 0.717) is 22.6 Å². The molecule has 0 aromatic heterocycles. The molecule has 0 unspecified atom stereocenters. The molecule has 0 saturated heterocycles. The van der Waals surface area contributed by atoms with Crippen molar-refractivity contribution in [2.45, 2.75) is 52.4 Å². The fourth-order valence-corrected chi connectivity index (χ4v) is 4.84. The van der Waals surface area contributed by atoms with Gasteiger partial charge in [0.25, 0.3) is 0 Å². The molecule has 0 N–H and O–H groups in total. The van der Waals surface area contributed by atoms with E-state index in [-0.39, 0.29) is 0 Å². The molecule has 3 aromatic rings. The Labute approximate surface area is 228 Å². The summed E-state index contributed by atoms with van der Waals surface area (Å²) in [6.07, 6.45) is 5.92. The number of esters is 2. The number of rotatable bonds is 10. The SMILES string of the molecule is CCCCc1cccc(I)c1OC(=O)c1ccc(C(=O)Oc2c(I)cccc2CCCC)cc1. The zero-order valence-electron chi connectivity index (χ0n) is 19.4. The van der Waals surface area contributed by atoms with E-state index in [1.807, 2.05) is 36.4 Å². The molecule has 0 atom stereocenters. The van der Waals surface area contributed by atoms with E-state index < -0.39 is 11.9 Å². The summed E-state index contributed by atoms with van der Waals surface area (Å²) >= 11 is 4.38. The third-order valence-corrected chi connectivity index (χ3v) is 7.14. The Morgan fingerprint density at radius 2 is 1.03 bits per heavy atom. The zero-order valence-corrected chi connectivity index (χ0v) is 23.7. The van der Waals surface area contributed by atoms with Crippen LogP contribution < -0.4 is 9.47 Å². The molecule has 3 aromatic carbocycles. The van der Waals surface area contributed by atoms with Gasteiger partial charge in [0.05, 0.1) is 18.3 Å². The number of unbranched alkanes of at least 4 members (excludes halogenated alkanes) is 2. The quantitative estimate of drug-likeness (QED) is 0.124. The third-order valence-electron chi connectivity index (χ3n) is 5.44. The first-order valence-corrected chi connectivity index (χ1v) is 13.7. The highest BCUT2D eigenvalue weighted by Crippen LogP contribution is 2.29. The molecule has 0 aliphatic carbocycles. The van der Waals surface area contributed by atoms with E-state index in [2.05, 4.69) is 59.0 Å². The monoisotopic (exact) mass is 682 g/mol. The second kappa shape index (κ2) is 13.2. The minimum Gasteiger partial charge on any atom is -0.422 e. The summed E-state index contributed by atoms with van der Waals surface area (Å²) in [5, 5.41) is 0. The molecule has 0 saturated carbocycles. The molecular weight excluding hydrogens is 654 g/mol. The second-order valence-electron chi connectivity index (χ2n) is 8.02. The fraction of sp³-hybridized carbons (Fsp3) is 0.286. The Bertz CT molecular complexity index is 1050. The van der Waals surface area contributed by atoms with Crippen LogP contribution in [-0.4, -0.2) is 11.9 Å². The molecule has 6 heteroatoms. The van der Waals surface area contributed by atoms with Crippen LogP contribution in [-0.2, 0) is 12.8 Å². The standard InChI is InChI=1S/C28H28I2O4/c1-3-5-9-19-11-7-13-23(29)25(19)33-27(31)21-15-17-22(18-16-21)28(32)34-26-20(10-6-4-2)12-8-14-24(26)30/h7-8,11-18H,3-6,9-10H2,1-2H3. The normalized spacial score (nSPS) is 10.7. The van der Waals surface area contributed by atoms with Crippen LogP contribution in [0.5, 0.6) is 11.5 Å². The van der Waals surface area contributed by atoms with Crippen molar-refractivity contribution in [3.8, 4) is 11.5 Å².